The summed E-state index contributed by atoms with van der Waals surface area (Å²) < 4.78 is 1.17. The number of hydrogen-bond acceptors (Lipinski definition) is 1. The molecule has 1 aliphatic carbocycles. The van der Waals surface area contributed by atoms with E-state index >= 15 is 0 Å². The van der Waals surface area contributed by atoms with E-state index in [9.17, 15) is 0 Å². The first-order chi connectivity index (χ1) is 9.19. The Morgan fingerprint density at radius 2 is 2.11 bits per heavy atom. The number of rotatable bonds is 4. The van der Waals surface area contributed by atoms with Crippen LogP contribution in [0.3, 0.4) is 0 Å². The Balaban J connectivity index is 1.90. The van der Waals surface area contributed by atoms with E-state index in [4.69, 9.17) is 0 Å². The highest BCUT2D eigenvalue weighted by Gasteiger charge is 2.19. The first-order valence-corrected chi connectivity index (χ1v) is 8.50. The molecule has 0 amide bonds. The van der Waals surface area contributed by atoms with Gasteiger partial charge in [0.05, 0.1) is 0 Å². The van der Waals surface area contributed by atoms with E-state index in [0.29, 0.717) is 12.1 Å². The second-order valence-electron chi connectivity index (χ2n) is 5.92. The van der Waals surface area contributed by atoms with E-state index in [1.807, 2.05) is 0 Å². The van der Waals surface area contributed by atoms with Crippen molar-refractivity contribution in [1.29, 1.82) is 0 Å². The van der Waals surface area contributed by atoms with Crippen LogP contribution in [0.4, 0.5) is 0 Å². The van der Waals surface area contributed by atoms with Crippen molar-refractivity contribution in [1.82, 2.24) is 5.32 Å². The van der Waals surface area contributed by atoms with Crippen molar-refractivity contribution in [2.75, 3.05) is 0 Å². The third kappa shape index (κ3) is 4.61. The molecule has 0 aliphatic heterocycles. The Bertz CT molecular complexity index is 391. The van der Waals surface area contributed by atoms with Gasteiger partial charge in [-0.05, 0) is 49.8 Å². The maximum absolute atomic E-state index is 3.83. The molecule has 1 fully saturated rings. The van der Waals surface area contributed by atoms with E-state index in [1.165, 1.54) is 48.6 Å². The lowest BCUT2D eigenvalue weighted by Crippen LogP contribution is -2.31. The van der Waals surface area contributed by atoms with Gasteiger partial charge in [0.1, 0.15) is 0 Å². The molecule has 2 rings (SSSR count). The third-order valence-electron chi connectivity index (χ3n) is 4.50. The van der Waals surface area contributed by atoms with Crippen molar-refractivity contribution in [2.24, 2.45) is 5.92 Å². The van der Waals surface area contributed by atoms with Crippen LogP contribution in [0.2, 0.25) is 0 Å². The van der Waals surface area contributed by atoms with Gasteiger partial charge in [0.15, 0.2) is 0 Å². The van der Waals surface area contributed by atoms with Crippen molar-refractivity contribution in [3.05, 3.63) is 34.3 Å². The summed E-state index contributed by atoms with van der Waals surface area (Å²) in [5.74, 6) is 0.966. The van der Waals surface area contributed by atoms with Crippen molar-refractivity contribution in [3.8, 4) is 0 Å². The molecule has 1 aromatic rings. The van der Waals surface area contributed by atoms with Gasteiger partial charge in [0.25, 0.3) is 0 Å². The Kier molecular flexibility index (Phi) is 5.90. The van der Waals surface area contributed by atoms with Gasteiger partial charge in [-0.3, -0.25) is 0 Å². The molecule has 0 radical (unpaired) electrons. The van der Waals surface area contributed by atoms with Gasteiger partial charge in [0.2, 0.25) is 0 Å². The smallest absolute Gasteiger partial charge is 0.0294 e. The van der Waals surface area contributed by atoms with E-state index in [-0.39, 0.29) is 0 Å². The molecule has 1 N–H and O–H groups in total. The lowest BCUT2D eigenvalue weighted by molar-refractivity contribution is 0.400. The normalized spacial score (nSPS) is 25.8. The zero-order valence-corrected chi connectivity index (χ0v) is 13.7. The molecular formula is C17H26BrN. The van der Waals surface area contributed by atoms with Gasteiger partial charge in [-0.15, -0.1) is 0 Å². The molecule has 0 spiro atoms. The standard InChI is InChI=1S/C17H26BrN/c1-3-14-6-4-9-17(11-10-14)19-13(2)15-7-5-8-16(18)12-15/h5,7-8,12-14,17,19H,3-4,6,9-11H2,1-2H3/t13-,14?,17?/m1/s1. The zero-order chi connectivity index (χ0) is 13.7. The van der Waals surface area contributed by atoms with Crippen LogP contribution in [0.25, 0.3) is 0 Å². The fourth-order valence-corrected chi connectivity index (χ4v) is 3.60. The molecule has 0 heterocycles. The van der Waals surface area contributed by atoms with Crippen molar-refractivity contribution in [2.45, 2.75) is 64.5 Å². The summed E-state index contributed by atoms with van der Waals surface area (Å²) >= 11 is 3.56. The number of hydrogen-bond donors (Lipinski definition) is 1. The highest BCUT2D eigenvalue weighted by Crippen LogP contribution is 2.27. The second-order valence-corrected chi connectivity index (χ2v) is 6.84. The molecule has 1 aromatic carbocycles. The van der Waals surface area contributed by atoms with Crippen molar-refractivity contribution >= 4 is 15.9 Å². The van der Waals surface area contributed by atoms with Crippen LogP contribution in [0.1, 0.15) is 64.0 Å². The van der Waals surface area contributed by atoms with Gasteiger partial charge >= 0.3 is 0 Å². The first-order valence-electron chi connectivity index (χ1n) is 7.70. The second kappa shape index (κ2) is 7.44. The number of nitrogens with one attached hydrogen (secondary N) is 1. The summed E-state index contributed by atoms with van der Waals surface area (Å²) in [5.41, 5.74) is 1.38. The molecule has 19 heavy (non-hydrogen) atoms. The van der Waals surface area contributed by atoms with E-state index in [0.717, 1.165) is 5.92 Å². The Morgan fingerprint density at radius 3 is 2.84 bits per heavy atom. The largest absolute Gasteiger partial charge is 0.307 e. The highest BCUT2D eigenvalue weighted by molar-refractivity contribution is 9.10. The van der Waals surface area contributed by atoms with Gasteiger partial charge in [-0.25, -0.2) is 0 Å². The highest BCUT2D eigenvalue weighted by atomic mass is 79.9. The van der Waals surface area contributed by atoms with E-state index in [1.54, 1.807) is 0 Å². The molecule has 2 heteroatoms. The number of benzene rings is 1. The summed E-state index contributed by atoms with van der Waals surface area (Å²) in [4.78, 5) is 0. The SMILES string of the molecule is CCC1CCCC(N[C@H](C)c2cccc(Br)c2)CC1. The lowest BCUT2D eigenvalue weighted by Gasteiger charge is -2.22. The maximum Gasteiger partial charge on any atom is 0.0294 e. The minimum Gasteiger partial charge on any atom is -0.307 e. The Labute approximate surface area is 126 Å². The predicted octanol–water partition coefficient (Wildman–Crippen LogP) is 5.46. The first kappa shape index (κ1) is 15.1. The Hall–Kier alpha value is -0.340. The van der Waals surface area contributed by atoms with Crippen LogP contribution >= 0.6 is 15.9 Å². The Morgan fingerprint density at radius 1 is 1.26 bits per heavy atom. The summed E-state index contributed by atoms with van der Waals surface area (Å²) in [6, 6.07) is 9.80. The predicted molar refractivity (Wildman–Crippen MR) is 86.3 cm³/mol. The molecular weight excluding hydrogens is 298 g/mol. The molecule has 1 nitrogen and oxygen atoms in total. The van der Waals surface area contributed by atoms with Crippen molar-refractivity contribution < 1.29 is 0 Å². The molecule has 1 aliphatic rings. The maximum atomic E-state index is 3.83. The molecule has 0 bridgehead atoms. The van der Waals surface area contributed by atoms with Crippen LogP contribution in [-0.2, 0) is 0 Å². The average Bonchev–Trinajstić information content (AvgIpc) is 2.64. The molecule has 3 atom stereocenters. The summed E-state index contributed by atoms with van der Waals surface area (Å²) in [6.07, 6.45) is 8.26. The monoisotopic (exact) mass is 323 g/mol. The summed E-state index contributed by atoms with van der Waals surface area (Å²) in [6.45, 7) is 4.62. The summed E-state index contributed by atoms with van der Waals surface area (Å²) in [5, 5.41) is 3.83. The van der Waals surface area contributed by atoms with E-state index in [2.05, 4.69) is 59.4 Å². The van der Waals surface area contributed by atoms with Crippen molar-refractivity contribution in [3.63, 3.8) is 0 Å². The molecule has 1 saturated carbocycles. The molecule has 0 saturated heterocycles. The fraction of sp³-hybridized carbons (Fsp3) is 0.647. The minimum atomic E-state index is 0.445. The topological polar surface area (TPSA) is 12.0 Å². The molecule has 0 aromatic heterocycles. The fourth-order valence-electron chi connectivity index (χ4n) is 3.18. The zero-order valence-electron chi connectivity index (χ0n) is 12.2. The lowest BCUT2D eigenvalue weighted by atomic mass is 9.97. The van der Waals surface area contributed by atoms with Gasteiger partial charge in [0, 0.05) is 16.6 Å². The van der Waals surface area contributed by atoms with Crippen LogP contribution < -0.4 is 5.32 Å². The quantitative estimate of drug-likeness (QED) is 0.725. The van der Waals surface area contributed by atoms with Gasteiger partial charge in [-0.2, -0.15) is 0 Å². The molecule has 2 unspecified atom stereocenters. The third-order valence-corrected chi connectivity index (χ3v) is 4.99. The minimum absolute atomic E-state index is 0.445. The van der Waals surface area contributed by atoms with Gasteiger partial charge in [-0.1, -0.05) is 54.2 Å². The van der Waals surface area contributed by atoms with E-state index < -0.39 is 0 Å². The van der Waals surface area contributed by atoms with Crippen LogP contribution in [0.5, 0.6) is 0 Å². The van der Waals surface area contributed by atoms with Crippen LogP contribution in [0, 0.1) is 5.92 Å². The van der Waals surface area contributed by atoms with Gasteiger partial charge < -0.3 is 5.32 Å². The van der Waals surface area contributed by atoms with Crippen LogP contribution in [-0.4, -0.2) is 6.04 Å². The molecule has 106 valence electrons. The van der Waals surface area contributed by atoms with Crippen LogP contribution in [0.15, 0.2) is 28.7 Å². The summed E-state index contributed by atoms with van der Waals surface area (Å²) in [7, 11) is 0. The number of halogens is 1. The average molecular weight is 324 g/mol.